The standard InChI is InChI=1S/C6H8N2O/c1-5(7)3-4-6(2)8-9/h3-4H,1-2,7H2/b4-3+. The lowest BCUT2D eigenvalue weighted by molar-refractivity contribution is 1.38. The minimum Gasteiger partial charge on any atom is -0.399 e. The summed E-state index contributed by atoms with van der Waals surface area (Å²) < 4.78 is 0. The topological polar surface area (TPSA) is 55.4 Å². The molecule has 0 bridgehead atoms. The molecule has 0 aromatic carbocycles. The van der Waals surface area contributed by atoms with Crippen LogP contribution in [0.4, 0.5) is 0 Å². The fraction of sp³-hybridized carbons (Fsp3) is 0. The molecular formula is C6H8N2O. The van der Waals surface area contributed by atoms with E-state index in [0.29, 0.717) is 5.70 Å². The summed E-state index contributed by atoms with van der Waals surface area (Å²) in [6.07, 6.45) is 2.86. The summed E-state index contributed by atoms with van der Waals surface area (Å²) in [6.45, 7) is 6.65. The second kappa shape index (κ2) is 3.60. The van der Waals surface area contributed by atoms with Gasteiger partial charge in [0.15, 0.2) is 0 Å². The third kappa shape index (κ3) is 4.47. The number of hydrogen-bond donors (Lipinski definition) is 1. The Kier molecular flexibility index (Phi) is 3.05. The number of nitroso groups, excluding NO2 is 1. The van der Waals surface area contributed by atoms with Gasteiger partial charge in [-0.2, -0.15) is 0 Å². The van der Waals surface area contributed by atoms with E-state index in [9.17, 15) is 4.91 Å². The van der Waals surface area contributed by atoms with Gasteiger partial charge in [0.1, 0.15) is 5.70 Å². The average molecular weight is 124 g/mol. The molecular weight excluding hydrogens is 116 g/mol. The first kappa shape index (κ1) is 7.62. The Morgan fingerprint density at radius 3 is 2.33 bits per heavy atom. The van der Waals surface area contributed by atoms with Gasteiger partial charge in [0.05, 0.1) is 0 Å². The molecule has 0 rings (SSSR count). The number of allylic oxidation sites excluding steroid dienone is 2. The van der Waals surface area contributed by atoms with E-state index < -0.39 is 0 Å². The Morgan fingerprint density at radius 1 is 1.44 bits per heavy atom. The maximum Gasteiger partial charge on any atom is 0.100 e. The van der Waals surface area contributed by atoms with Crippen LogP contribution in [0.25, 0.3) is 0 Å². The van der Waals surface area contributed by atoms with Crippen LogP contribution < -0.4 is 5.73 Å². The zero-order chi connectivity index (χ0) is 7.28. The number of nitrogens with zero attached hydrogens (tertiary/aromatic N) is 1. The van der Waals surface area contributed by atoms with E-state index in [2.05, 4.69) is 18.3 Å². The molecule has 0 heterocycles. The van der Waals surface area contributed by atoms with Crippen molar-refractivity contribution in [2.45, 2.75) is 0 Å². The Hall–Kier alpha value is -1.38. The van der Waals surface area contributed by atoms with Gasteiger partial charge >= 0.3 is 0 Å². The minimum absolute atomic E-state index is 0.140. The quantitative estimate of drug-likeness (QED) is 0.455. The molecule has 0 aromatic rings. The summed E-state index contributed by atoms with van der Waals surface area (Å²) in [5.41, 5.74) is 5.64. The van der Waals surface area contributed by atoms with E-state index in [1.165, 1.54) is 12.2 Å². The van der Waals surface area contributed by atoms with Gasteiger partial charge < -0.3 is 5.73 Å². The molecule has 0 unspecified atom stereocenters. The molecule has 2 N–H and O–H groups in total. The Morgan fingerprint density at radius 2 is 2.00 bits per heavy atom. The maximum absolute atomic E-state index is 9.65. The predicted octanol–water partition coefficient (Wildman–Crippen LogP) is 1.30. The van der Waals surface area contributed by atoms with Gasteiger partial charge in [0.25, 0.3) is 0 Å². The predicted molar refractivity (Wildman–Crippen MR) is 37.4 cm³/mol. The molecule has 0 aliphatic carbocycles. The lowest BCUT2D eigenvalue weighted by atomic mass is 10.4. The van der Waals surface area contributed by atoms with Crippen molar-refractivity contribution in [1.29, 1.82) is 0 Å². The van der Waals surface area contributed by atoms with Crippen LogP contribution in [0, 0.1) is 4.91 Å². The molecule has 0 aliphatic rings. The molecule has 0 spiro atoms. The van der Waals surface area contributed by atoms with Crippen molar-refractivity contribution in [3.63, 3.8) is 0 Å². The van der Waals surface area contributed by atoms with Gasteiger partial charge in [-0.3, -0.25) is 0 Å². The van der Waals surface area contributed by atoms with Crippen LogP contribution in [-0.4, -0.2) is 0 Å². The van der Waals surface area contributed by atoms with Gasteiger partial charge in [-0.1, -0.05) is 13.2 Å². The van der Waals surface area contributed by atoms with Crippen molar-refractivity contribution in [2.24, 2.45) is 10.9 Å². The molecule has 0 atom stereocenters. The third-order valence-corrected chi connectivity index (χ3v) is 0.607. The summed E-state index contributed by atoms with van der Waals surface area (Å²) in [5.74, 6) is 0. The van der Waals surface area contributed by atoms with Gasteiger partial charge in [-0.25, -0.2) is 0 Å². The van der Waals surface area contributed by atoms with Crippen molar-refractivity contribution in [3.05, 3.63) is 41.6 Å². The Balaban J connectivity index is 3.85. The lowest BCUT2D eigenvalue weighted by Crippen LogP contribution is -1.87. The Bertz CT molecular complexity index is 170. The summed E-state index contributed by atoms with van der Waals surface area (Å²) >= 11 is 0. The fourth-order valence-electron chi connectivity index (χ4n) is 0.234. The molecule has 0 aromatic heterocycles. The van der Waals surface area contributed by atoms with Crippen LogP contribution in [-0.2, 0) is 0 Å². The van der Waals surface area contributed by atoms with E-state index in [1.807, 2.05) is 0 Å². The molecule has 0 fully saturated rings. The molecule has 3 nitrogen and oxygen atoms in total. The molecule has 3 heteroatoms. The third-order valence-electron chi connectivity index (χ3n) is 0.607. The second-order valence-corrected chi connectivity index (χ2v) is 1.49. The molecule has 9 heavy (non-hydrogen) atoms. The van der Waals surface area contributed by atoms with E-state index in [-0.39, 0.29) is 5.70 Å². The van der Waals surface area contributed by atoms with Crippen molar-refractivity contribution in [2.75, 3.05) is 0 Å². The zero-order valence-electron chi connectivity index (χ0n) is 5.00. The summed E-state index contributed by atoms with van der Waals surface area (Å²) in [6, 6.07) is 0. The first-order valence-corrected chi connectivity index (χ1v) is 2.31. The van der Waals surface area contributed by atoms with E-state index in [0.717, 1.165) is 0 Å². The van der Waals surface area contributed by atoms with Crippen LogP contribution in [0.3, 0.4) is 0 Å². The van der Waals surface area contributed by atoms with Gasteiger partial charge in [-0.05, 0) is 17.3 Å². The first-order valence-electron chi connectivity index (χ1n) is 2.31. The molecule has 0 amide bonds. The normalized spacial score (nSPS) is 9.33. The van der Waals surface area contributed by atoms with Crippen molar-refractivity contribution < 1.29 is 0 Å². The Labute approximate surface area is 53.5 Å². The number of nitrogens with two attached hydrogens (primary N) is 1. The second-order valence-electron chi connectivity index (χ2n) is 1.49. The van der Waals surface area contributed by atoms with Crippen molar-refractivity contribution in [3.8, 4) is 0 Å². The van der Waals surface area contributed by atoms with Crippen LogP contribution >= 0.6 is 0 Å². The molecule has 0 saturated heterocycles. The lowest BCUT2D eigenvalue weighted by Gasteiger charge is -1.83. The molecule has 0 saturated carbocycles. The monoisotopic (exact) mass is 124 g/mol. The zero-order valence-corrected chi connectivity index (χ0v) is 5.00. The first-order chi connectivity index (χ1) is 4.16. The van der Waals surface area contributed by atoms with Gasteiger partial charge in [0.2, 0.25) is 0 Å². The summed E-state index contributed by atoms with van der Waals surface area (Å²) in [5, 5.41) is 2.53. The van der Waals surface area contributed by atoms with E-state index in [4.69, 9.17) is 5.73 Å². The van der Waals surface area contributed by atoms with Gasteiger partial charge in [-0.15, -0.1) is 4.91 Å². The maximum atomic E-state index is 9.65. The molecule has 48 valence electrons. The van der Waals surface area contributed by atoms with Crippen LogP contribution in [0.15, 0.2) is 41.9 Å². The van der Waals surface area contributed by atoms with Crippen molar-refractivity contribution >= 4 is 0 Å². The van der Waals surface area contributed by atoms with Gasteiger partial charge in [0, 0.05) is 5.70 Å². The SMILES string of the molecule is C=C(N)/C=C/C(=C)N=O. The largest absolute Gasteiger partial charge is 0.399 e. The number of rotatable bonds is 3. The number of hydrogen-bond acceptors (Lipinski definition) is 3. The minimum atomic E-state index is 0.140. The van der Waals surface area contributed by atoms with Crippen LogP contribution in [0.5, 0.6) is 0 Å². The highest BCUT2D eigenvalue weighted by atomic mass is 16.3. The molecule has 0 aliphatic heterocycles. The van der Waals surface area contributed by atoms with Crippen molar-refractivity contribution in [1.82, 2.24) is 0 Å². The highest BCUT2D eigenvalue weighted by molar-refractivity contribution is 5.20. The van der Waals surface area contributed by atoms with E-state index in [1.54, 1.807) is 0 Å². The van der Waals surface area contributed by atoms with Crippen LogP contribution in [0.1, 0.15) is 0 Å². The smallest absolute Gasteiger partial charge is 0.100 e. The fourth-order valence-corrected chi connectivity index (χ4v) is 0.234. The highest BCUT2D eigenvalue weighted by Crippen LogP contribution is 1.93. The van der Waals surface area contributed by atoms with E-state index >= 15 is 0 Å². The molecule has 0 radical (unpaired) electrons. The summed E-state index contributed by atoms with van der Waals surface area (Å²) in [7, 11) is 0. The summed E-state index contributed by atoms with van der Waals surface area (Å²) in [4.78, 5) is 9.65. The van der Waals surface area contributed by atoms with Crippen LogP contribution in [0.2, 0.25) is 0 Å². The highest BCUT2D eigenvalue weighted by Gasteiger charge is 1.80. The average Bonchev–Trinajstić information content (AvgIpc) is 1.83.